The molecule has 2 amide bonds. The van der Waals surface area contributed by atoms with E-state index in [0.29, 0.717) is 12.2 Å². The number of carbonyl (C=O) groups is 2. The van der Waals surface area contributed by atoms with E-state index in [9.17, 15) is 19.2 Å². The number of ether oxygens (including phenoxy) is 1. The van der Waals surface area contributed by atoms with Gasteiger partial charge in [-0.2, -0.15) is 5.26 Å². The van der Waals surface area contributed by atoms with Gasteiger partial charge in [0.05, 0.1) is 18.0 Å². The van der Waals surface area contributed by atoms with Gasteiger partial charge in [0.1, 0.15) is 28.2 Å². The Kier molecular flexibility index (Phi) is 6.20. The number of hydrogen-bond donors (Lipinski definition) is 1. The van der Waals surface area contributed by atoms with Crippen LogP contribution in [0.25, 0.3) is 0 Å². The molecule has 0 spiro atoms. The Morgan fingerprint density at radius 2 is 1.97 bits per heavy atom. The first kappa shape index (κ1) is 20.4. The van der Waals surface area contributed by atoms with Crippen molar-refractivity contribution in [3.05, 3.63) is 70.5 Å². The van der Waals surface area contributed by atoms with Crippen molar-refractivity contribution in [1.82, 2.24) is 5.32 Å². The third kappa shape index (κ3) is 4.10. The maximum absolute atomic E-state index is 14.5. The topological polar surface area (TPSA) is 82.4 Å². The average molecular weight is 411 g/mol. The zero-order chi connectivity index (χ0) is 21.0. The number of hydrogen-bond acceptors (Lipinski definition) is 5. The summed E-state index contributed by atoms with van der Waals surface area (Å²) in [5, 5.41) is 11.4. The molecule has 0 saturated carbocycles. The lowest BCUT2D eigenvalue weighted by molar-refractivity contribution is -0.117. The molecule has 1 unspecified atom stereocenters. The van der Waals surface area contributed by atoms with Crippen LogP contribution in [0, 0.1) is 17.1 Å². The number of anilines is 1. The van der Waals surface area contributed by atoms with E-state index in [-0.39, 0.29) is 22.2 Å². The average Bonchev–Trinajstić information content (AvgIpc) is 3.05. The highest BCUT2D eigenvalue weighted by Crippen LogP contribution is 2.42. The molecule has 0 radical (unpaired) electrons. The van der Waals surface area contributed by atoms with Crippen LogP contribution in [-0.4, -0.2) is 31.2 Å². The molecular weight excluding hydrogens is 393 g/mol. The van der Waals surface area contributed by atoms with Gasteiger partial charge in [0.2, 0.25) is 5.91 Å². The van der Waals surface area contributed by atoms with Gasteiger partial charge in [-0.1, -0.05) is 36.0 Å². The Bertz CT molecular complexity index is 1010. The molecule has 8 heteroatoms. The molecule has 1 saturated heterocycles. The number of nitrogens with zero attached hydrogens (tertiary/aromatic N) is 2. The van der Waals surface area contributed by atoms with Gasteiger partial charge in [0, 0.05) is 7.05 Å². The van der Waals surface area contributed by atoms with Crippen LogP contribution in [0.3, 0.4) is 0 Å². The molecule has 2 aromatic rings. The standard InChI is InChI=1S/C21H18FN3O3S/c1-24-19(26)15(12-23)21-25(17-6-4-3-5-16(17)22)20(27)18(29-21)11-13-7-9-14(28-2)10-8-13/h3-10,18H,11H2,1-2H3,(H,24,26)/b21-15+. The quantitative estimate of drug-likeness (QED) is 0.604. The van der Waals surface area contributed by atoms with Crippen molar-refractivity contribution >= 4 is 29.3 Å². The van der Waals surface area contributed by atoms with E-state index in [0.717, 1.165) is 22.2 Å². The summed E-state index contributed by atoms with van der Waals surface area (Å²) in [5.41, 5.74) is 0.657. The summed E-state index contributed by atoms with van der Waals surface area (Å²) in [6.45, 7) is 0. The summed E-state index contributed by atoms with van der Waals surface area (Å²) in [4.78, 5) is 26.5. The lowest BCUT2D eigenvalue weighted by Crippen LogP contribution is -2.32. The van der Waals surface area contributed by atoms with E-state index in [1.807, 2.05) is 18.2 Å². The van der Waals surface area contributed by atoms with Crippen LogP contribution in [0.5, 0.6) is 5.75 Å². The van der Waals surface area contributed by atoms with Crippen LogP contribution in [0.4, 0.5) is 10.1 Å². The van der Waals surface area contributed by atoms with Gasteiger partial charge in [0.15, 0.2) is 0 Å². The van der Waals surface area contributed by atoms with Crippen LogP contribution in [0.2, 0.25) is 0 Å². The zero-order valence-electron chi connectivity index (χ0n) is 15.8. The fourth-order valence-electron chi connectivity index (χ4n) is 2.94. The van der Waals surface area contributed by atoms with Crippen LogP contribution < -0.4 is 15.0 Å². The Morgan fingerprint density at radius 3 is 2.55 bits per heavy atom. The van der Waals surface area contributed by atoms with Crippen molar-refractivity contribution in [2.45, 2.75) is 11.7 Å². The van der Waals surface area contributed by atoms with E-state index in [1.54, 1.807) is 25.3 Å². The number of methoxy groups -OCH3 is 1. The predicted octanol–water partition coefficient (Wildman–Crippen LogP) is 3.01. The van der Waals surface area contributed by atoms with Gasteiger partial charge in [-0.25, -0.2) is 4.39 Å². The second-order valence-corrected chi connectivity index (χ2v) is 7.35. The predicted molar refractivity (Wildman–Crippen MR) is 109 cm³/mol. The highest BCUT2D eigenvalue weighted by atomic mass is 32.2. The Balaban J connectivity index is 2.03. The number of amides is 2. The van der Waals surface area contributed by atoms with Crippen LogP contribution in [-0.2, 0) is 16.0 Å². The molecule has 2 aromatic carbocycles. The van der Waals surface area contributed by atoms with Gasteiger partial charge < -0.3 is 10.1 Å². The maximum atomic E-state index is 14.5. The van der Waals surface area contributed by atoms with Crippen LogP contribution in [0.15, 0.2) is 59.1 Å². The number of likely N-dealkylation sites (N-methyl/N-ethyl adjacent to an activating group) is 1. The fourth-order valence-corrected chi connectivity index (χ4v) is 4.24. The smallest absolute Gasteiger partial charge is 0.264 e. The van der Waals surface area contributed by atoms with Crippen LogP contribution >= 0.6 is 11.8 Å². The SMILES string of the molecule is CNC(=O)/C(C#N)=C1/SC(Cc2ccc(OC)cc2)C(=O)N1c1ccccc1F. The number of carbonyl (C=O) groups excluding carboxylic acids is 2. The molecule has 148 valence electrons. The summed E-state index contributed by atoms with van der Waals surface area (Å²) in [6, 6.07) is 14.9. The lowest BCUT2D eigenvalue weighted by atomic mass is 10.1. The number of benzene rings is 2. The highest BCUT2D eigenvalue weighted by molar-refractivity contribution is 8.05. The van der Waals surface area contributed by atoms with Crippen molar-refractivity contribution in [3.63, 3.8) is 0 Å². The normalized spacial score (nSPS) is 17.7. The number of para-hydroxylation sites is 1. The van der Waals surface area contributed by atoms with E-state index >= 15 is 0 Å². The second kappa shape index (κ2) is 8.80. The van der Waals surface area contributed by atoms with Crippen molar-refractivity contribution in [2.75, 3.05) is 19.1 Å². The summed E-state index contributed by atoms with van der Waals surface area (Å²) in [6.07, 6.45) is 0.356. The number of halogens is 1. The molecule has 1 atom stereocenters. The Morgan fingerprint density at radius 1 is 1.28 bits per heavy atom. The first-order valence-corrected chi connectivity index (χ1v) is 9.62. The minimum Gasteiger partial charge on any atom is -0.497 e. The molecule has 0 bridgehead atoms. The first-order chi connectivity index (χ1) is 14.0. The summed E-state index contributed by atoms with van der Waals surface area (Å²) in [5.74, 6) is -0.936. The number of rotatable bonds is 5. The highest BCUT2D eigenvalue weighted by Gasteiger charge is 2.41. The molecule has 0 aromatic heterocycles. The van der Waals surface area contributed by atoms with Crippen molar-refractivity contribution in [1.29, 1.82) is 5.26 Å². The minimum atomic E-state index is -0.630. The molecule has 29 heavy (non-hydrogen) atoms. The van der Waals surface area contributed by atoms with Crippen molar-refractivity contribution in [3.8, 4) is 11.8 Å². The summed E-state index contributed by atoms with van der Waals surface area (Å²) >= 11 is 1.09. The third-order valence-corrected chi connectivity index (χ3v) is 5.67. The summed E-state index contributed by atoms with van der Waals surface area (Å²) < 4.78 is 19.6. The van der Waals surface area contributed by atoms with Gasteiger partial charge >= 0.3 is 0 Å². The van der Waals surface area contributed by atoms with E-state index in [4.69, 9.17) is 4.74 Å². The second-order valence-electron chi connectivity index (χ2n) is 6.15. The Hall–Kier alpha value is -3.31. The van der Waals surface area contributed by atoms with Gasteiger partial charge in [0.25, 0.3) is 5.91 Å². The number of thioether (sulfide) groups is 1. The molecule has 3 rings (SSSR count). The van der Waals surface area contributed by atoms with Crippen LogP contribution in [0.1, 0.15) is 5.56 Å². The molecule has 6 nitrogen and oxygen atoms in total. The van der Waals surface area contributed by atoms with Gasteiger partial charge in [-0.05, 0) is 36.2 Å². The molecule has 0 aliphatic carbocycles. The fraction of sp³-hybridized carbons (Fsp3) is 0.190. The number of nitriles is 1. The lowest BCUT2D eigenvalue weighted by Gasteiger charge is -2.19. The van der Waals surface area contributed by atoms with Gasteiger partial charge in [-0.15, -0.1) is 0 Å². The molecule has 1 N–H and O–H groups in total. The Labute approximate surface area is 172 Å². The molecular formula is C21H18FN3O3S. The van der Waals surface area contributed by atoms with E-state index in [1.165, 1.54) is 25.2 Å². The van der Waals surface area contributed by atoms with Gasteiger partial charge in [-0.3, -0.25) is 14.5 Å². The molecule has 1 aliphatic heterocycles. The van der Waals surface area contributed by atoms with Crippen molar-refractivity contribution in [2.24, 2.45) is 0 Å². The molecule has 1 aliphatic rings. The minimum absolute atomic E-state index is 0.00823. The van der Waals surface area contributed by atoms with E-state index in [2.05, 4.69) is 5.32 Å². The third-order valence-electron chi connectivity index (χ3n) is 4.41. The van der Waals surface area contributed by atoms with E-state index < -0.39 is 17.0 Å². The zero-order valence-corrected chi connectivity index (χ0v) is 16.6. The summed E-state index contributed by atoms with van der Waals surface area (Å²) in [7, 11) is 2.96. The number of nitrogens with one attached hydrogen (secondary N) is 1. The monoisotopic (exact) mass is 411 g/mol. The molecule has 1 heterocycles. The first-order valence-electron chi connectivity index (χ1n) is 8.74. The maximum Gasteiger partial charge on any atom is 0.264 e. The largest absolute Gasteiger partial charge is 0.497 e. The van der Waals surface area contributed by atoms with Crippen molar-refractivity contribution < 1.29 is 18.7 Å². The molecule has 1 fully saturated rings.